The smallest absolute Gasteiger partial charge is 0.226 e. The minimum absolute atomic E-state index is 0.0436. The molecule has 104 valence electrons. The highest BCUT2D eigenvalue weighted by Gasteiger charge is 2.15. The summed E-state index contributed by atoms with van der Waals surface area (Å²) in [6, 6.07) is 0. The zero-order valence-electron chi connectivity index (χ0n) is 11.1. The lowest BCUT2D eigenvalue weighted by atomic mass is 10.3. The summed E-state index contributed by atoms with van der Waals surface area (Å²) >= 11 is 0. The molecule has 2 heterocycles. The molecule has 2 aromatic rings. The van der Waals surface area contributed by atoms with E-state index < -0.39 is 0 Å². The van der Waals surface area contributed by atoms with Crippen LogP contribution in [-0.4, -0.2) is 65.7 Å². The van der Waals surface area contributed by atoms with E-state index in [0.717, 1.165) is 11.2 Å². The summed E-state index contributed by atoms with van der Waals surface area (Å²) in [6.45, 7) is 1.71. The van der Waals surface area contributed by atoms with Gasteiger partial charge in [-0.15, -0.1) is 0 Å². The van der Waals surface area contributed by atoms with Crippen LogP contribution in [0.1, 0.15) is 0 Å². The molecule has 0 amide bonds. The van der Waals surface area contributed by atoms with Crippen molar-refractivity contribution < 1.29 is 9.84 Å². The van der Waals surface area contributed by atoms with Crippen LogP contribution in [0.5, 0.6) is 0 Å². The van der Waals surface area contributed by atoms with Crippen LogP contribution in [0.3, 0.4) is 0 Å². The number of hydrogen-bond acceptors (Lipinski definition) is 7. The molecule has 19 heavy (non-hydrogen) atoms. The summed E-state index contributed by atoms with van der Waals surface area (Å²) in [7, 11) is 3.40. The second kappa shape index (κ2) is 6.30. The molecule has 2 rings (SSSR count). The van der Waals surface area contributed by atoms with Crippen LogP contribution in [-0.2, 0) is 4.74 Å². The normalized spacial score (nSPS) is 10.9. The Morgan fingerprint density at radius 1 is 1.42 bits per heavy atom. The number of anilines is 2. The van der Waals surface area contributed by atoms with Gasteiger partial charge < -0.3 is 20.1 Å². The van der Waals surface area contributed by atoms with Crippen molar-refractivity contribution in [2.24, 2.45) is 0 Å². The van der Waals surface area contributed by atoms with Gasteiger partial charge in [0, 0.05) is 27.2 Å². The fourth-order valence-electron chi connectivity index (χ4n) is 1.82. The predicted molar refractivity (Wildman–Crippen MR) is 72.4 cm³/mol. The van der Waals surface area contributed by atoms with E-state index in [4.69, 9.17) is 4.74 Å². The van der Waals surface area contributed by atoms with Crippen LogP contribution >= 0.6 is 0 Å². The average molecular weight is 266 g/mol. The van der Waals surface area contributed by atoms with E-state index >= 15 is 0 Å². The third-order valence-electron chi connectivity index (χ3n) is 2.75. The standard InChI is InChI=1S/C11H18N6O2/c1-12-11-14-9-8(7-13-16-9)10(15-11)17(3-5-18)4-6-19-2/h7,18H,3-6H2,1-2H3,(H2,12,13,14,15,16). The SMILES string of the molecule is CNc1nc(N(CCO)CCOC)c2cn[nH]c2n1. The summed E-state index contributed by atoms with van der Waals surface area (Å²) in [5.74, 6) is 1.24. The van der Waals surface area contributed by atoms with Crippen molar-refractivity contribution in [3.63, 3.8) is 0 Å². The molecule has 0 unspecified atom stereocenters. The Kier molecular flexibility index (Phi) is 4.48. The van der Waals surface area contributed by atoms with Crippen molar-refractivity contribution >= 4 is 22.8 Å². The molecule has 0 aromatic carbocycles. The third kappa shape index (κ3) is 2.91. The first-order chi connectivity index (χ1) is 9.30. The molecule has 0 aliphatic rings. The molecular formula is C11H18N6O2. The number of aliphatic hydroxyl groups excluding tert-OH is 1. The second-order valence-corrected chi connectivity index (χ2v) is 3.96. The fraction of sp³-hybridized carbons (Fsp3) is 0.545. The van der Waals surface area contributed by atoms with E-state index in [2.05, 4.69) is 25.5 Å². The van der Waals surface area contributed by atoms with Gasteiger partial charge in [-0.2, -0.15) is 15.1 Å². The first-order valence-corrected chi connectivity index (χ1v) is 6.03. The number of aliphatic hydroxyl groups is 1. The summed E-state index contributed by atoms with van der Waals surface area (Å²) in [5, 5.41) is 19.7. The zero-order valence-corrected chi connectivity index (χ0v) is 11.1. The lowest BCUT2D eigenvalue weighted by molar-refractivity contribution is 0.202. The fourth-order valence-corrected chi connectivity index (χ4v) is 1.82. The highest BCUT2D eigenvalue weighted by molar-refractivity contribution is 5.87. The van der Waals surface area contributed by atoms with Gasteiger partial charge >= 0.3 is 0 Å². The monoisotopic (exact) mass is 266 g/mol. The highest BCUT2D eigenvalue weighted by atomic mass is 16.5. The third-order valence-corrected chi connectivity index (χ3v) is 2.75. The van der Waals surface area contributed by atoms with Crippen molar-refractivity contribution in [1.29, 1.82) is 0 Å². The Balaban J connectivity index is 2.40. The molecule has 0 atom stereocenters. The number of rotatable bonds is 7. The average Bonchev–Trinajstić information content (AvgIpc) is 2.90. The molecule has 8 heteroatoms. The molecule has 0 spiro atoms. The van der Waals surface area contributed by atoms with Crippen molar-refractivity contribution in [3.8, 4) is 0 Å². The maximum atomic E-state index is 9.18. The number of methoxy groups -OCH3 is 1. The van der Waals surface area contributed by atoms with E-state index in [1.165, 1.54) is 0 Å². The van der Waals surface area contributed by atoms with Crippen LogP contribution in [0.15, 0.2) is 6.20 Å². The number of H-pyrrole nitrogens is 1. The Morgan fingerprint density at radius 2 is 2.26 bits per heavy atom. The molecule has 8 nitrogen and oxygen atoms in total. The first kappa shape index (κ1) is 13.5. The summed E-state index contributed by atoms with van der Waals surface area (Å²) in [6.07, 6.45) is 1.68. The van der Waals surface area contributed by atoms with E-state index in [-0.39, 0.29) is 6.61 Å². The number of hydrogen-bond donors (Lipinski definition) is 3. The van der Waals surface area contributed by atoms with Crippen molar-refractivity contribution in [2.45, 2.75) is 0 Å². The van der Waals surface area contributed by atoms with Gasteiger partial charge in [0.05, 0.1) is 24.8 Å². The van der Waals surface area contributed by atoms with Gasteiger partial charge in [-0.25, -0.2) is 0 Å². The Labute approximate surface area is 110 Å². The number of ether oxygens (including phenoxy) is 1. The Hall–Kier alpha value is -1.93. The number of fused-ring (bicyclic) bond motifs is 1. The van der Waals surface area contributed by atoms with E-state index in [9.17, 15) is 5.11 Å². The van der Waals surface area contributed by atoms with Gasteiger partial charge in [0.2, 0.25) is 5.95 Å². The molecular weight excluding hydrogens is 248 g/mol. The largest absolute Gasteiger partial charge is 0.395 e. The Morgan fingerprint density at radius 3 is 2.95 bits per heavy atom. The number of aromatic nitrogens is 4. The molecule has 0 bridgehead atoms. The van der Waals surface area contributed by atoms with Crippen molar-refractivity contribution in [2.75, 3.05) is 50.7 Å². The lowest BCUT2D eigenvalue weighted by Crippen LogP contribution is -2.31. The van der Waals surface area contributed by atoms with Gasteiger partial charge in [0.1, 0.15) is 5.82 Å². The van der Waals surface area contributed by atoms with E-state index in [1.807, 2.05) is 4.90 Å². The molecule has 0 fully saturated rings. The molecule has 3 N–H and O–H groups in total. The lowest BCUT2D eigenvalue weighted by Gasteiger charge is -2.23. The molecule has 0 radical (unpaired) electrons. The van der Waals surface area contributed by atoms with Gasteiger partial charge in [-0.3, -0.25) is 5.10 Å². The maximum absolute atomic E-state index is 9.18. The molecule has 0 saturated heterocycles. The Bertz CT molecular complexity index is 529. The topological polar surface area (TPSA) is 99.2 Å². The van der Waals surface area contributed by atoms with Gasteiger partial charge in [0.15, 0.2) is 5.65 Å². The maximum Gasteiger partial charge on any atom is 0.226 e. The molecule has 0 saturated carbocycles. The number of nitrogens with one attached hydrogen (secondary N) is 2. The minimum Gasteiger partial charge on any atom is -0.395 e. The van der Waals surface area contributed by atoms with Crippen LogP contribution in [0.4, 0.5) is 11.8 Å². The van der Waals surface area contributed by atoms with Crippen LogP contribution in [0.2, 0.25) is 0 Å². The van der Waals surface area contributed by atoms with Crippen molar-refractivity contribution in [1.82, 2.24) is 20.2 Å². The quantitative estimate of drug-likeness (QED) is 0.640. The molecule has 0 aliphatic heterocycles. The predicted octanol–water partition coefficient (Wildman–Crippen LogP) is -0.160. The molecule has 2 aromatic heterocycles. The van der Waals surface area contributed by atoms with Crippen LogP contribution in [0.25, 0.3) is 11.0 Å². The summed E-state index contributed by atoms with van der Waals surface area (Å²) in [5.41, 5.74) is 0.662. The van der Waals surface area contributed by atoms with Gasteiger partial charge in [-0.05, 0) is 0 Å². The minimum atomic E-state index is 0.0436. The summed E-state index contributed by atoms with van der Waals surface area (Å²) in [4.78, 5) is 10.7. The van der Waals surface area contributed by atoms with Crippen LogP contribution in [0, 0.1) is 0 Å². The zero-order chi connectivity index (χ0) is 13.7. The van der Waals surface area contributed by atoms with E-state index in [0.29, 0.717) is 31.3 Å². The first-order valence-electron chi connectivity index (χ1n) is 6.03. The number of nitrogens with zero attached hydrogens (tertiary/aromatic N) is 4. The molecule has 0 aliphatic carbocycles. The highest BCUT2D eigenvalue weighted by Crippen LogP contribution is 2.23. The summed E-state index contributed by atoms with van der Waals surface area (Å²) < 4.78 is 5.08. The van der Waals surface area contributed by atoms with Gasteiger partial charge in [-0.1, -0.05) is 0 Å². The second-order valence-electron chi connectivity index (χ2n) is 3.96. The van der Waals surface area contributed by atoms with Gasteiger partial charge in [0.25, 0.3) is 0 Å². The van der Waals surface area contributed by atoms with E-state index in [1.54, 1.807) is 20.4 Å². The van der Waals surface area contributed by atoms with Crippen LogP contribution < -0.4 is 10.2 Å². The number of aromatic amines is 1. The van der Waals surface area contributed by atoms with Crippen molar-refractivity contribution in [3.05, 3.63) is 6.20 Å².